The predicted molar refractivity (Wildman–Crippen MR) is 117 cm³/mol. The second-order valence-electron chi connectivity index (χ2n) is 6.97. The van der Waals surface area contributed by atoms with E-state index in [0.29, 0.717) is 48.3 Å². The minimum atomic E-state index is -0.0609. The fourth-order valence-electron chi connectivity index (χ4n) is 3.61. The Kier molecular flexibility index (Phi) is 5.81. The van der Waals surface area contributed by atoms with Gasteiger partial charge in [-0.25, -0.2) is 0 Å². The van der Waals surface area contributed by atoms with E-state index in [1.165, 1.54) is 0 Å². The first kappa shape index (κ1) is 20.1. The number of rotatable bonds is 5. The Labute approximate surface area is 180 Å². The Balaban J connectivity index is 1.43. The molecule has 4 rings (SSSR count). The van der Waals surface area contributed by atoms with Crippen molar-refractivity contribution >= 4 is 23.3 Å². The summed E-state index contributed by atoms with van der Waals surface area (Å²) in [6.45, 7) is 2.59. The van der Waals surface area contributed by atoms with Crippen molar-refractivity contribution in [1.82, 2.24) is 15.1 Å². The number of amides is 1. The number of hydrogen-bond donors (Lipinski definition) is 1. The molecule has 7 nitrogen and oxygen atoms in total. The maximum absolute atomic E-state index is 13.0. The Morgan fingerprint density at radius 1 is 1.03 bits per heavy atom. The number of para-hydroxylation sites is 1. The van der Waals surface area contributed by atoms with Gasteiger partial charge in [0.2, 0.25) is 0 Å². The third-order valence-electron chi connectivity index (χ3n) is 5.24. The van der Waals surface area contributed by atoms with Crippen molar-refractivity contribution in [3.8, 4) is 22.8 Å². The molecule has 0 unspecified atom stereocenters. The van der Waals surface area contributed by atoms with E-state index in [9.17, 15) is 4.79 Å². The molecule has 0 bridgehead atoms. The molecule has 156 valence electrons. The average molecular weight is 427 g/mol. The quantitative estimate of drug-likeness (QED) is 0.673. The summed E-state index contributed by atoms with van der Waals surface area (Å²) in [4.78, 5) is 17.0. The lowest BCUT2D eigenvalue weighted by Gasteiger charge is -2.35. The van der Waals surface area contributed by atoms with Crippen molar-refractivity contribution in [3.63, 3.8) is 0 Å². The Morgan fingerprint density at radius 3 is 2.43 bits per heavy atom. The van der Waals surface area contributed by atoms with E-state index in [1.54, 1.807) is 32.4 Å². The van der Waals surface area contributed by atoms with Gasteiger partial charge in [-0.3, -0.25) is 9.89 Å². The van der Waals surface area contributed by atoms with Crippen LogP contribution in [0.2, 0.25) is 5.02 Å². The van der Waals surface area contributed by atoms with Gasteiger partial charge in [0.05, 0.1) is 25.5 Å². The fourth-order valence-corrected chi connectivity index (χ4v) is 3.74. The molecule has 1 N–H and O–H groups in total. The zero-order chi connectivity index (χ0) is 21.1. The van der Waals surface area contributed by atoms with Crippen LogP contribution >= 0.6 is 11.6 Å². The Hall–Kier alpha value is -3.19. The Bertz CT molecular complexity index is 1030. The van der Waals surface area contributed by atoms with Crippen molar-refractivity contribution < 1.29 is 14.3 Å². The van der Waals surface area contributed by atoms with E-state index < -0.39 is 0 Å². The van der Waals surface area contributed by atoms with Crippen LogP contribution in [0.25, 0.3) is 11.3 Å². The van der Waals surface area contributed by atoms with E-state index in [0.717, 1.165) is 17.1 Å². The molecule has 1 saturated heterocycles. The van der Waals surface area contributed by atoms with E-state index in [4.69, 9.17) is 21.1 Å². The molecule has 0 spiro atoms. The molecule has 2 aromatic carbocycles. The molecule has 8 heteroatoms. The average Bonchev–Trinajstić information content (AvgIpc) is 3.29. The van der Waals surface area contributed by atoms with Crippen molar-refractivity contribution in [1.29, 1.82) is 0 Å². The minimum Gasteiger partial charge on any atom is -0.493 e. The van der Waals surface area contributed by atoms with Gasteiger partial charge in [0.1, 0.15) is 0 Å². The highest BCUT2D eigenvalue weighted by Gasteiger charge is 2.26. The van der Waals surface area contributed by atoms with Crippen LogP contribution in [0.4, 0.5) is 5.82 Å². The lowest BCUT2D eigenvalue weighted by molar-refractivity contribution is 0.0742. The number of nitrogens with zero attached hydrogens (tertiary/aromatic N) is 3. The first-order chi connectivity index (χ1) is 14.6. The maximum Gasteiger partial charge on any atom is 0.257 e. The summed E-state index contributed by atoms with van der Waals surface area (Å²) in [6.07, 6.45) is 0. The third-order valence-corrected chi connectivity index (χ3v) is 5.50. The Morgan fingerprint density at radius 2 is 1.77 bits per heavy atom. The first-order valence-corrected chi connectivity index (χ1v) is 10.0. The topological polar surface area (TPSA) is 70.7 Å². The molecule has 0 aliphatic carbocycles. The van der Waals surface area contributed by atoms with Gasteiger partial charge in [0.15, 0.2) is 17.3 Å². The van der Waals surface area contributed by atoms with Crippen LogP contribution in [0, 0.1) is 0 Å². The summed E-state index contributed by atoms with van der Waals surface area (Å²) < 4.78 is 10.7. The summed E-state index contributed by atoms with van der Waals surface area (Å²) in [6, 6.07) is 15.0. The van der Waals surface area contributed by atoms with Crippen LogP contribution in [0.1, 0.15) is 10.4 Å². The molecule has 1 amide bonds. The zero-order valence-corrected chi connectivity index (χ0v) is 17.6. The number of nitrogens with one attached hydrogen (secondary N) is 1. The molecule has 1 aromatic heterocycles. The summed E-state index contributed by atoms with van der Waals surface area (Å²) >= 11 is 5.96. The van der Waals surface area contributed by atoms with Crippen LogP contribution in [-0.2, 0) is 0 Å². The molecule has 0 atom stereocenters. The van der Waals surface area contributed by atoms with Gasteiger partial charge in [-0.1, -0.05) is 29.8 Å². The molecule has 0 radical (unpaired) electrons. The van der Waals surface area contributed by atoms with Gasteiger partial charge in [-0.15, -0.1) is 0 Å². The van der Waals surface area contributed by atoms with E-state index in [1.807, 2.05) is 35.2 Å². The number of ether oxygens (including phenoxy) is 2. The number of aromatic amines is 1. The van der Waals surface area contributed by atoms with Crippen molar-refractivity contribution in [2.24, 2.45) is 0 Å². The van der Waals surface area contributed by atoms with Crippen LogP contribution in [0.3, 0.4) is 0 Å². The molecule has 3 aromatic rings. The van der Waals surface area contributed by atoms with Gasteiger partial charge in [-0.05, 0) is 29.8 Å². The molecular formula is C22H23ClN4O3. The van der Waals surface area contributed by atoms with E-state index in [-0.39, 0.29) is 5.91 Å². The molecule has 1 aliphatic heterocycles. The SMILES string of the molecule is COc1cccc(C(=O)N2CCN(c3cc(-c4ccc(Cl)cc4)[nH]n3)CC2)c1OC. The van der Waals surface area contributed by atoms with Crippen LogP contribution in [-0.4, -0.2) is 61.4 Å². The molecule has 0 saturated carbocycles. The van der Waals surface area contributed by atoms with Gasteiger partial charge < -0.3 is 19.3 Å². The number of halogens is 1. The number of H-pyrrole nitrogens is 1. The summed E-state index contributed by atoms with van der Waals surface area (Å²) in [7, 11) is 3.11. The van der Waals surface area contributed by atoms with Gasteiger partial charge >= 0.3 is 0 Å². The fraction of sp³-hybridized carbons (Fsp3) is 0.273. The number of hydrogen-bond acceptors (Lipinski definition) is 5. The second kappa shape index (κ2) is 8.67. The third kappa shape index (κ3) is 3.93. The maximum atomic E-state index is 13.0. The van der Waals surface area contributed by atoms with Crippen LogP contribution in [0.5, 0.6) is 11.5 Å². The lowest BCUT2D eigenvalue weighted by Crippen LogP contribution is -2.49. The standard InChI is InChI=1S/C22H23ClN4O3/c1-29-19-5-3-4-17(21(19)30-2)22(28)27-12-10-26(11-13-27)20-14-18(24-25-20)15-6-8-16(23)9-7-15/h3-9,14H,10-13H2,1-2H3,(H,24,25). The minimum absolute atomic E-state index is 0.0609. The highest BCUT2D eigenvalue weighted by molar-refractivity contribution is 6.30. The van der Waals surface area contributed by atoms with Gasteiger partial charge in [0, 0.05) is 37.3 Å². The van der Waals surface area contributed by atoms with Crippen molar-refractivity contribution in [2.75, 3.05) is 45.3 Å². The molecule has 2 heterocycles. The molecule has 30 heavy (non-hydrogen) atoms. The number of carbonyl (C=O) groups excluding carboxylic acids is 1. The largest absolute Gasteiger partial charge is 0.493 e. The van der Waals surface area contributed by atoms with Crippen molar-refractivity contribution in [2.45, 2.75) is 0 Å². The van der Waals surface area contributed by atoms with Crippen LogP contribution < -0.4 is 14.4 Å². The number of anilines is 1. The number of benzene rings is 2. The number of carbonyl (C=O) groups is 1. The van der Waals surface area contributed by atoms with Gasteiger partial charge in [0.25, 0.3) is 5.91 Å². The van der Waals surface area contributed by atoms with E-state index >= 15 is 0 Å². The highest BCUT2D eigenvalue weighted by atomic mass is 35.5. The summed E-state index contributed by atoms with van der Waals surface area (Å²) in [5.41, 5.74) is 2.47. The normalized spacial score (nSPS) is 14.0. The molecule has 1 fully saturated rings. The second-order valence-corrected chi connectivity index (χ2v) is 7.40. The van der Waals surface area contributed by atoms with E-state index in [2.05, 4.69) is 15.1 Å². The summed E-state index contributed by atoms with van der Waals surface area (Å²) in [5.74, 6) is 1.82. The monoisotopic (exact) mass is 426 g/mol. The number of piperazine rings is 1. The van der Waals surface area contributed by atoms with Crippen LogP contribution in [0.15, 0.2) is 48.5 Å². The highest BCUT2D eigenvalue weighted by Crippen LogP contribution is 2.32. The van der Waals surface area contributed by atoms with Crippen molar-refractivity contribution in [3.05, 3.63) is 59.1 Å². The zero-order valence-electron chi connectivity index (χ0n) is 16.9. The smallest absolute Gasteiger partial charge is 0.257 e. The molecular weight excluding hydrogens is 404 g/mol. The predicted octanol–water partition coefficient (Wildman–Crippen LogP) is 3.71. The molecule has 1 aliphatic rings. The lowest BCUT2D eigenvalue weighted by atomic mass is 10.1. The number of aromatic nitrogens is 2. The first-order valence-electron chi connectivity index (χ1n) is 9.67. The summed E-state index contributed by atoms with van der Waals surface area (Å²) in [5, 5.41) is 8.23. The number of methoxy groups -OCH3 is 2. The van der Waals surface area contributed by atoms with Gasteiger partial charge in [-0.2, -0.15) is 5.10 Å².